The number of hydrogen-bond acceptors (Lipinski definition) is 4. The van der Waals surface area contributed by atoms with Crippen LogP contribution in [0.25, 0.3) is 0 Å². The second kappa shape index (κ2) is 5.43. The molecule has 0 unspecified atom stereocenters. The first-order chi connectivity index (χ1) is 7.13. The van der Waals surface area contributed by atoms with E-state index in [-0.39, 0.29) is 12.5 Å². The van der Waals surface area contributed by atoms with Crippen molar-refractivity contribution in [1.82, 2.24) is 9.88 Å². The Morgan fingerprint density at radius 3 is 2.93 bits per heavy atom. The number of amides is 1. The molecule has 1 rings (SSSR count). The lowest BCUT2D eigenvalue weighted by Gasteiger charge is -2.15. The van der Waals surface area contributed by atoms with E-state index in [1.54, 1.807) is 6.20 Å². The zero-order valence-corrected chi connectivity index (χ0v) is 8.81. The summed E-state index contributed by atoms with van der Waals surface area (Å²) < 4.78 is 0. The highest BCUT2D eigenvalue weighted by Crippen LogP contribution is 2.06. The summed E-state index contributed by atoms with van der Waals surface area (Å²) in [7, 11) is 1.83. The van der Waals surface area contributed by atoms with Crippen molar-refractivity contribution >= 4 is 5.91 Å². The minimum atomic E-state index is -0.337. The molecule has 1 aromatic heterocycles. The average molecular weight is 208 g/mol. The maximum Gasteiger partial charge on any atom is 0.231 e. The molecule has 4 N–H and O–H groups in total. The molecule has 15 heavy (non-hydrogen) atoms. The summed E-state index contributed by atoms with van der Waals surface area (Å²) in [6.07, 6.45) is 1.71. The van der Waals surface area contributed by atoms with E-state index in [0.29, 0.717) is 13.1 Å². The SMILES string of the molecule is CN(CC(N)=O)Cc1cccnc1CN. The van der Waals surface area contributed by atoms with Crippen molar-refractivity contribution < 1.29 is 4.79 Å². The summed E-state index contributed by atoms with van der Waals surface area (Å²) in [4.78, 5) is 16.7. The number of nitrogens with zero attached hydrogens (tertiary/aromatic N) is 2. The zero-order chi connectivity index (χ0) is 11.3. The van der Waals surface area contributed by atoms with Crippen LogP contribution in [0, 0.1) is 0 Å². The molecule has 0 atom stereocenters. The molecule has 0 aromatic carbocycles. The van der Waals surface area contributed by atoms with Gasteiger partial charge in [0, 0.05) is 19.3 Å². The molecular weight excluding hydrogens is 192 g/mol. The van der Waals surface area contributed by atoms with Crippen molar-refractivity contribution in [3.8, 4) is 0 Å². The van der Waals surface area contributed by atoms with E-state index in [9.17, 15) is 4.79 Å². The summed E-state index contributed by atoms with van der Waals surface area (Å²) in [6, 6.07) is 3.80. The molecule has 0 fully saturated rings. The van der Waals surface area contributed by atoms with Crippen molar-refractivity contribution in [2.75, 3.05) is 13.6 Å². The van der Waals surface area contributed by atoms with E-state index < -0.39 is 0 Å². The van der Waals surface area contributed by atoms with Crippen LogP contribution in [0.2, 0.25) is 0 Å². The maximum absolute atomic E-state index is 10.7. The fourth-order valence-corrected chi connectivity index (χ4v) is 1.41. The number of carbonyl (C=O) groups is 1. The Morgan fingerprint density at radius 2 is 2.33 bits per heavy atom. The smallest absolute Gasteiger partial charge is 0.231 e. The molecule has 0 spiro atoms. The molecule has 0 radical (unpaired) electrons. The number of nitrogens with two attached hydrogens (primary N) is 2. The molecule has 0 aliphatic carbocycles. The van der Waals surface area contributed by atoms with Gasteiger partial charge in [-0.2, -0.15) is 0 Å². The minimum absolute atomic E-state index is 0.235. The Kier molecular flexibility index (Phi) is 4.20. The predicted octanol–water partition coefficient (Wildman–Crippen LogP) is -0.543. The third-order valence-electron chi connectivity index (χ3n) is 2.04. The number of carbonyl (C=O) groups excluding carboxylic acids is 1. The van der Waals surface area contributed by atoms with Gasteiger partial charge in [-0.15, -0.1) is 0 Å². The van der Waals surface area contributed by atoms with Crippen LogP contribution in [0.1, 0.15) is 11.3 Å². The summed E-state index contributed by atoms with van der Waals surface area (Å²) in [6.45, 7) is 1.27. The van der Waals surface area contributed by atoms with Crippen LogP contribution in [-0.4, -0.2) is 29.4 Å². The summed E-state index contributed by atoms with van der Waals surface area (Å²) in [5.41, 5.74) is 12.5. The van der Waals surface area contributed by atoms with Gasteiger partial charge in [0.05, 0.1) is 12.2 Å². The Hall–Kier alpha value is -1.46. The van der Waals surface area contributed by atoms with Crippen LogP contribution < -0.4 is 11.5 Å². The standard InChI is InChI=1S/C10H16N4O/c1-14(7-10(12)15)6-8-3-2-4-13-9(8)5-11/h2-4H,5-7,11H2,1H3,(H2,12,15). The second-order valence-electron chi connectivity index (χ2n) is 3.45. The van der Waals surface area contributed by atoms with Gasteiger partial charge in [-0.1, -0.05) is 6.07 Å². The number of hydrogen-bond donors (Lipinski definition) is 2. The first-order valence-corrected chi connectivity index (χ1v) is 4.73. The van der Waals surface area contributed by atoms with Crippen molar-refractivity contribution in [2.45, 2.75) is 13.1 Å². The average Bonchev–Trinajstić information content (AvgIpc) is 2.17. The topological polar surface area (TPSA) is 85.2 Å². The Bertz CT molecular complexity index is 340. The largest absolute Gasteiger partial charge is 0.369 e. The molecule has 1 heterocycles. The highest BCUT2D eigenvalue weighted by Gasteiger charge is 2.06. The quantitative estimate of drug-likeness (QED) is 0.680. The van der Waals surface area contributed by atoms with Gasteiger partial charge in [-0.3, -0.25) is 14.7 Å². The molecule has 0 bridgehead atoms. The lowest BCUT2D eigenvalue weighted by atomic mass is 10.2. The van der Waals surface area contributed by atoms with Crippen LogP contribution in [-0.2, 0) is 17.9 Å². The number of likely N-dealkylation sites (N-methyl/N-ethyl adjacent to an activating group) is 1. The molecule has 0 aliphatic heterocycles. The Morgan fingerprint density at radius 1 is 1.60 bits per heavy atom. The normalized spacial score (nSPS) is 10.6. The lowest BCUT2D eigenvalue weighted by molar-refractivity contribution is -0.118. The molecule has 82 valence electrons. The van der Waals surface area contributed by atoms with Gasteiger partial charge >= 0.3 is 0 Å². The van der Waals surface area contributed by atoms with Crippen LogP contribution in [0.15, 0.2) is 18.3 Å². The third-order valence-corrected chi connectivity index (χ3v) is 2.04. The Labute approximate surface area is 89.1 Å². The monoisotopic (exact) mass is 208 g/mol. The predicted molar refractivity (Wildman–Crippen MR) is 57.7 cm³/mol. The third kappa shape index (κ3) is 3.65. The van der Waals surface area contributed by atoms with Gasteiger partial charge < -0.3 is 11.5 Å². The van der Waals surface area contributed by atoms with Crippen LogP contribution in [0.3, 0.4) is 0 Å². The van der Waals surface area contributed by atoms with Crippen LogP contribution in [0.4, 0.5) is 0 Å². The maximum atomic E-state index is 10.7. The number of primary amides is 1. The Balaban J connectivity index is 2.67. The van der Waals surface area contributed by atoms with Crippen LogP contribution >= 0.6 is 0 Å². The number of rotatable bonds is 5. The molecule has 1 amide bonds. The molecule has 0 saturated heterocycles. The van der Waals surface area contributed by atoms with E-state index in [2.05, 4.69) is 4.98 Å². The highest BCUT2D eigenvalue weighted by molar-refractivity contribution is 5.75. The number of pyridine rings is 1. The van der Waals surface area contributed by atoms with E-state index >= 15 is 0 Å². The van der Waals surface area contributed by atoms with Crippen molar-refractivity contribution in [3.63, 3.8) is 0 Å². The molecule has 5 nitrogen and oxygen atoms in total. The molecule has 0 aliphatic rings. The van der Waals surface area contributed by atoms with E-state index in [4.69, 9.17) is 11.5 Å². The van der Waals surface area contributed by atoms with Gasteiger partial charge in [0.1, 0.15) is 0 Å². The first-order valence-electron chi connectivity index (χ1n) is 4.73. The number of aromatic nitrogens is 1. The fourth-order valence-electron chi connectivity index (χ4n) is 1.41. The lowest BCUT2D eigenvalue weighted by Crippen LogP contribution is -2.30. The molecule has 5 heteroatoms. The molecule has 0 saturated carbocycles. The van der Waals surface area contributed by atoms with Crippen molar-refractivity contribution in [3.05, 3.63) is 29.6 Å². The van der Waals surface area contributed by atoms with Gasteiger partial charge in [-0.05, 0) is 18.7 Å². The highest BCUT2D eigenvalue weighted by atomic mass is 16.1. The van der Waals surface area contributed by atoms with Crippen LogP contribution in [0.5, 0.6) is 0 Å². The summed E-state index contributed by atoms with van der Waals surface area (Å²) >= 11 is 0. The van der Waals surface area contributed by atoms with E-state index in [1.807, 2.05) is 24.1 Å². The van der Waals surface area contributed by atoms with Crippen molar-refractivity contribution in [2.24, 2.45) is 11.5 Å². The van der Waals surface area contributed by atoms with E-state index in [1.165, 1.54) is 0 Å². The molecular formula is C10H16N4O. The van der Waals surface area contributed by atoms with E-state index in [0.717, 1.165) is 11.3 Å². The first kappa shape index (κ1) is 11.6. The summed E-state index contributed by atoms with van der Waals surface area (Å²) in [5, 5.41) is 0. The van der Waals surface area contributed by atoms with Gasteiger partial charge in [0.15, 0.2) is 0 Å². The second-order valence-corrected chi connectivity index (χ2v) is 3.45. The van der Waals surface area contributed by atoms with Gasteiger partial charge in [0.25, 0.3) is 0 Å². The van der Waals surface area contributed by atoms with Crippen molar-refractivity contribution in [1.29, 1.82) is 0 Å². The van der Waals surface area contributed by atoms with Gasteiger partial charge in [-0.25, -0.2) is 0 Å². The zero-order valence-electron chi connectivity index (χ0n) is 8.81. The summed E-state index contributed by atoms with van der Waals surface area (Å²) in [5.74, 6) is -0.337. The molecule has 1 aromatic rings. The van der Waals surface area contributed by atoms with Gasteiger partial charge in [0.2, 0.25) is 5.91 Å². The fraction of sp³-hybridized carbons (Fsp3) is 0.400. The minimum Gasteiger partial charge on any atom is -0.369 e.